The summed E-state index contributed by atoms with van der Waals surface area (Å²) < 4.78 is 1.75. The van der Waals surface area contributed by atoms with Crippen LogP contribution in [-0.2, 0) is 0 Å². The lowest BCUT2D eigenvalue weighted by molar-refractivity contribution is 0.101. The van der Waals surface area contributed by atoms with Gasteiger partial charge in [0.05, 0.1) is 5.69 Å². The number of rotatable bonds is 4. The molecule has 0 fully saturated rings. The number of hydrogen-bond donors (Lipinski definition) is 1. The van der Waals surface area contributed by atoms with Gasteiger partial charge in [-0.1, -0.05) is 48.0 Å². The molecule has 0 radical (unpaired) electrons. The molecule has 0 atom stereocenters. The van der Waals surface area contributed by atoms with Gasteiger partial charge in [-0.15, -0.1) is 5.10 Å². The van der Waals surface area contributed by atoms with Crippen LogP contribution in [0.4, 0.5) is 5.69 Å². The summed E-state index contributed by atoms with van der Waals surface area (Å²) >= 11 is 0. The molecular formula is C25H24N4O. The molecule has 150 valence electrons. The van der Waals surface area contributed by atoms with Crippen LogP contribution < -0.4 is 5.32 Å². The van der Waals surface area contributed by atoms with Gasteiger partial charge in [0.25, 0.3) is 5.91 Å². The Labute approximate surface area is 176 Å². The highest BCUT2D eigenvalue weighted by Gasteiger charge is 2.20. The fourth-order valence-corrected chi connectivity index (χ4v) is 3.35. The van der Waals surface area contributed by atoms with Crippen molar-refractivity contribution >= 4 is 11.6 Å². The Balaban J connectivity index is 1.77. The van der Waals surface area contributed by atoms with E-state index >= 15 is 0 Å². The zero-order valence-corrected chi connectivity index (χ0v) is 17.6. The fourth-order valence-electron chi connectivity index (χ4n) is 3.35. The van der Waals surface area contributed by atoms with Crippen LogP contribution >= 0.6 is 0 Å². The lowest BCUT2D eigenvalue weighted by Crippen LogP contribution is -2.14. The van der Waals surface area contributed by atoms with Crippen molar-refractivity contribution in [2.24, 2.45) is 0 Å². The van der Waals surface area contributed by atoms with Crippen LogP contribution in [0.3, 0.4) is 0 Å². The summed E-state index contributed by atoms with van der Waals surface area (Å²) in [6.07, 6.45) is 0. The molecule has 1 heterocycles. The second kappa shape index (κ2) is 7.95. The number of aromatic nitrogens is 3. The minimum Gasteiger partial charge on any atom is -0.319 e. The molecule has 0 aliphatic carbocycles. The molecule has 5 heteroatoms. The van der Waals surface area contributed by atoms with Crippen molar-refractivity contribution in [3.05, 3.63) is 94.8 Å². The molecule has 3 aromatic carbocycles. The van der Waals surface area contributed by atoms with Crippen LogP contribution in [0.1, 0.15) is 32.9 Å². The van der Waals surface area contributed by atoms with Gasteiger partial charge < -0.3 is 5.32 Å². The molecule has 4 aromatic rings. The van der Waals surface area contributed by atoms with Crippen LogP contribution in [0.5, 0.6) is 0 Å². The predicted molar refractivity (Wildman–Crippen MR) is 120 cm³/mol. The highest BCUT2D eigenvalue weighted by Crippen LogP contribution is 2.24. The standard InChI is InChI=1S/C25H24N4O/c1-16-8-7-10-20(14-16)24-27-23(28-29(24)22-11-6-5-9-18(22)3)25(30)26-21-13-12-17(2)19(4)15-21/h5-15H,1-4H3,(H,26,30). The molecule has 1 aromatic heterocycles. The van der Waals surface area contributed by atoms with Gasteiger partial charge >= 0.3 is 0 Å². The van der Waals surface area contributed by atoms with E-state index in [-0.39, 0.29) is 11.7 Å². The molecule has 0 aliphatic rings. The molecule has 4 rings (SSSR count). The first-order valence-electron chi connectivity index (χ1n) is 9.91. The van der Waals surface area contributed by atoms with E-state index in [9.17, 15) is 4.79 Å². The first kappa shape index (κ1) is 19.6. The molecule has 1 amide bonds. The molecule has 0 bridgehead atoms. The van der Waals surface area contributed by atoms with Gasteiger partial charge in [0, 0.05) is 11.3 Å². The van der Waals surface area contributed by atoms with Gasteiger partial charge in [-0.05, 0) is 68.7 Å². The quantitative estimate of drug-likeness (QED) is 0.501. The van der Waals surface area contributed by atoms with Gasteiger partial charge in [-0.3, -0.25) is 4.79 Å². The largest absolute Gasteiger partial charge is 0.319 e. The van der Waals surface area contributed by atoms with Gasteiger partial charge in [-0.25, -0.2) is 9.67 Å². The van der Waals surface area contributed by atoms with Gasteiger partial charge in [0.1, 0.15) is 0 Å². The molecule has 0 aliphatic heterocycles. The number of hydrogen-bond acceptors (Lipinski definition) is 3. The van der Waals surface area contributed by atoms with E-state index in [1.165, 1.54) is 5.56 Å². The smallest absolute Gasteiger partial charge is 0.295 e. The summed E-state index contributed by atoms with van der Waals surface area (Å²) in [7, 11) is 0. The van der Waals surface area contributed by atoms with E-state index in [1.807, 2.05) is 94.4 Å². The average Bonchev–Trinajstić information content (AvgIpc) is 3.16. The van der Waals surface area contributed by atoms with Gasteiger partial charge in [0.15, 0.2) is 5.82 Å². The van der Waals surface area contributed by atoms with Gasteiger partial charge in [-0.2, -0.15) is 0 Å². The number of anilines is 1. The van der Waals surface area contributed by atoms with Crippen LogP contribution in [0.15, 0.2) is 66.7 Å². The lowest BCUT2D eigenvalue weighted by Gasteiger charge is -2.09. The lowest BCUT2D eigenvalue weighted by atomic mass is 10.1. The molecule has 1 N–H and O–H groups in total. The Morgan fingerprint density at radius 3 is 2.37 bits per heavy atom. The van der Waals surface area contributed by atoms with Crippen LogP contribution in [0.2, 0.25) is 0 Å². The first-order chi connectivity index (χ1) is 14.4. The topological polar surface area (TPSA) is 59.8 Å². The third-order valence-corrected chi connectivity index (χ3v) is 5.19. The monoisotopic (exact) mass is 396 g/mol. The van der Waals surface area contributed by atoms with Crippen molar-refractivity contribution in [2.75, 3.05) is 5.32 Å². The van der Waals surface area contributed by atoms with E-state index < -0.39 is 0 Å². The van der Waals surface area contributed by atoms with E-state index in [1.54, 1.807) is 4.68 Å². The summed E-state index contributed by atoms with van der Waals surface area (Å²) in [4.78, 5) is 17.6. The maximum Gasteiger partial charge on any atom is 0.295 e. The highest BCUT2D eigenvalue weighted by molar-refractivity contribution is 6.01. The second-order valence-corrected chi connectivity index (χ2v) is 7.58. The summed E-state index contributed by atoms with van der Waals surface area (Å²) in [6, 6.07) is 21.8. The van der Waals surface area contributed by atoms with Crippen molar-refractivity contribution in [3.8, 4) is 17.1 Å². The van der Waals surface area contributed by atoms with E-state index in [4.69, 9.17) is 0 Å². The van der Waals surface area contributed by atoms with E-state index in [0.717, 1.165) is 33.6 Å². The Morgan fingerprint density at radius 2 is 1.63 bits per heavy atom. The zero-order valence-electron chi connectivity index (χ0n) is 17.6. The van der Waals surface area contributed by atoms with Crippen molar-refractivity contribution in [3.63, 3.8) is 0 Å². The minimum atomic E-state index is -0.334. The Hall–Kier alpha value is -3.73. The predicted octanol–water partition coefficient (Wildman–Crippen LogP) is 5.42. The first-order valence-corrected chi connectivity index (χ1v) is 9.91. The molecule has 0 spiro atoms. The van der Waals surface area contributed by atoms with Crippen molar-refractivity contribution in [1.29, 1.82) is 0 Å². The maximum absolute atomic E-state index is 12.9. The number of aryl methyl sites for hydroxylation is 4. The van der Waals surface area contributed by atoms with Crippen molar-refractivity contribution in [2.45, 2.75) is 27.7 Å². The van der Waals surface area contributed by atoms with Crippen LogP contribution in [0, 0.1) is 27.7 Å². The Bertz CT molecular complexity index is 1240. The normalized spacial score (nSPS) is 10.8. The molecule has 30 heavy (non-hydrogen) atoms. The summed E-state index contributed by atoms with van der Waals surface area (Å²) in [5.41, 5.74) is 7.00. The number of amides is 1. The number of nitrogens with one attached hydrogen (secondary N) is 1. The minimum absolute atomic E-state index is 0.132. The van der Waals surface area contributed by atoms with E-state index in [2.05, 4.69) is 15.4 Å². The second-order valence-electron chi connectivity index (χ2n) is 7.58. The zero-order chi connectivity index (χ0) is 21.3. The highest BCUT2D eigenvalue weighted by atomic mass is 16.2. The summed E-state index contributed by atoms with van der Waals surface area (Å²) in [5.74, 6) is 0.436. The van der Waals surface area contributed by atoms with E-state index in [0.29, 0.717) is 5.82 Å². The number of para-hydroxylation sites is 1. The Morgan fingerprint density at radius 1 is 0.833 bits per heavy atom. The van der Waals surface area contributed by atoms with Gasteiger partial charge in [0.2, 0.25) is 5.82 Å². The molecular weight excluding hydrogens is 372 g/mol. The average molecular weight is 396 g/mol. The maximum atomic E-state index is 12.9. The third kappa shape index (κ3) is 3.87. The molecule has 5 nitrogen and oxygen atoms in total. The fraction of sp³-hybridized carbons (Fsp3) is 0.160. The number of carbonyl (C=O) groups excluding carboxylic acids is 1. The summed E-state index contributed by atoms with van der Waals surface area (Å²) in [6.45, 7) is 8.11. The molecule has 0 unspecified atom stereocenters. The third-order valence-electron chi connectivity index (χ3n) is 5.19. The molecule has 0 saturated carbocycles. The van der Waals surface area contributed by atoms with Crippen LogP contribution in [-0.4, -0.2) is 20.7 Å². The summed E-state index contributed by atoms with van der Waals surface area (Å²) in [5, 5.41) is 7.50. The van der Waals surface area contributed by atoms with Crippen molar-refractivity contribution in [1.82, 2.24) is 14.8 Å². The Kier molecular flexibility index (Phi) is 5.19. The SMILES string of the molecule is Cc1cccc(-c2nc(C(=O)Nc3ccc(C)c(C)c3)nn2-c2ccccc2C)c1. The number of benzene rings is 3. The van der Waals surface area contributed by atoms with Crippen molar-refractivity contribution < 1.29 is 4.79 Å². The number of carbonyl (C=O) groups is 1. The van der Waals surface area contributed by atoms with Crippen LogP contribution in [0.25, 0.3) is 17.1 Å². The molecule has 0 saturated heterocycles. The number of nitrogens with zero attached hydrogens (tertiary/aromatic N) is 3.